The maximum Gasteiger partial charge on any atom is 0.321 e. The van der Waals surface area contributed by atoms with Crippen molar-refractivity contribution in [2.45, 2.75) is 9.75 Å². The number of halogens is 2. The minimum Gasteiger partial charge on any atom is -0.480 e. The lowest BCUT2D eigenvalue weighted by Crippen LogP contribution is -2.48. The highest BCUT2D eigenvalue weighted by Gasteiger charge is 2.54. The third kappa shape index (κ3) is 1.78. The summed E-state index contributed by atoms with van der Waals surface area (Å²) < 4.78 is -1.51. The number of rotatable bonds is 2. The van der Waals surface area contributed by atoms with Crippen molar-refractivity contribution in [1.29, 1.82) is 0 Å². The van der Waals surface area contributed by atoms with Crippen molar-refractivity contribution in [1.82, 2.24) is 0 Å². The third-order valence-corrected chi connectivity index (χ3v) is 3.70. The van der Waals surface area contributed by atoms with Gasteiger partial charge in [0.2, 0.25) is 0 Å². The molecular formula is C13H10Cl2O2. The Morgan fingerprint density at radius 3 is 2.18 bits per heavy atom. The molecule has 1 unspecified atom stereocenters. The van der Waals surface area contributed by atoms with Gasteiger partial charge in [0, 0.05) is 0 Å². The molecule has 1 N–H and O–H groups in total. The molecule has 0 bridgehead atoms. The maximum absolute atomic E-state index is 11.6. The molecule has 0 aromatic heterocycles. The van der Waals surface area contributed by atoms with Gasteiger partial charge < -0.3 is 5.11 Å². The summed E-state index contributed by atoms with van der Waals surface area (Å²) in [5, 5.41) is 9.52. The van der Waals surface area contributed by atoms with E-state index in [0.717, 1.165) is 0 Å². The fourth-order valence-electron chi connectivity index (χ4n) is 1.95. The smallest absolute Gasteiger partial charge is 0.321 e. The molecular weight excluding hydrogens is 259 g/mol. The average molecular weight is 269 g/mol. The first kappa shape index (κ1) is 12.2. The van der Waals surface area contributed by atoms with E-state index in [-0.39, 0.29) is 0 Å². The zero-order valence-corrected chi connectivity index (χ0v) is 10.3. The zero-order valence-electron chi connectivity index (χ0n) is 8.81. The van der Waals surface area contributed by atoms with Crippen molar-refractivity contribution < 1.29 is 9.90 Å². The molecule has 0 aliphatic heterocycles. The van der Waals surface area contributed by atoms with E-state index in [1.165, 1.54) is 12.2 Å². The van der Waals surface area contributed by atoms with Crippen LogP contribution in [0.15, 0.2) is 54.6 Å². The van der Waals surface area contributed by atoms with Crippen LogP contribution in [0.25, 0.3) is 0 Å². The lowest BCUT2D eigenvalue weighted by Gasteiger charge is -2.37. The van der Waals surface area contributed by atoms with E-state index in [9.17, 15) is 9.90 Å². The monoisotopic (exact) mass is 268 g/mol. The fraction of sp³-hybridized carbons (Fsp3) is 0.154. The summed E-state index contributed by atoms with van der Waals surface area (Å²) in [6.45, 7) is 0. The van der Waals surface area contributed by atoms with Crippen molar-refractivity contribution >= 4 is 29.2 Å². The van der Waals surface area contributed by atoms with E-state index < -0.39 is 15.7 Å². The van der Waals surface area contributed by atoms with Gasteiger partial charge in [-0.05, 0) is 11.6 Å². The molecule has 2 nitrogen and oxygen atoms in total. The van der Waals surface area contributed by atoms with Crippen molar-refractivity contribution in [3.63, 3.8) is 0 Å². The zero-order chi connectivity index (χ0) is 12.5. The number of alkyl halides is 2. The topological polar surface area (TPSA) is 37.3 Å². The number of carbonyl (C=O) groups is 1. The van der Waals surface area contributed by atoms with E-state index in [4.69, 9.17) is 23.2 Å². The molecule has 1 aliphatic rings. The molecule has 1 aromatic rings. The van der Waals surface area contributed by atoms with Gasteiger partial charge >= 0.3 is 5.97 Å². The lowest BCUT2D eigenvalue weighted by molar-refractivity contribution is -0.142. The molecule has 1 aliphatic carbocycles. The van der Waals surface area contributed by atoms with Gasteiger partial charge in [0.15, 0.2) is 4.33 Å². The van der Waals surface area contributed by atoms with E-state index in [0.29, 0.717) is 5.56 Å². The largest absolute Gasteiger partial charge is 0.480 e. The molecule has 1 aromatic carbocycles. The quantitative estimate of drug-likeness (QED) is 0.836. The molecule has 0 heterocycles. The highest BCUT2D eigenvalue weighted by Crippen LogP contribution is 2.47. The molecule has 17 heavy (non-hydrogen) atoms. The Balaban J connectivity index is 2.67. The highest BCUT2D eigenvalue weighted by atomic mass is 35.5. The lowest BCUT2D eigenvalue weighted by atomic mass is 9.74. The SMILES string of the molecule is O=C(O)C1(c2ccccc2)C=CC=CC1(Cl)Cl. The van der Waals surface area contributed by atoms with E-state index in [1.54, 1.807) is 36.4 Å². The van der Waals surface area contributed by atoms with Gasteiger partial charge in [-0.1, -0.05) is 71.8 Å². The summed E-state index contributed by atoms with van der Waals surface area (Å²) in [7, 11) is 0. The summed E-state index contributed by atoms with van der Waals surface area (Å²) in [5.41, 5.74) is -0.898. The van der Waals surface area contributed by atoms with Crippen LogP contribution in [-0.2, 0) is 10.2 Å². The van der Waals surface area contributed by atoms with Crippen molar-refractivity contribution in [3.8, 4) is 0 Å². The maximum atomic E-state index is 11.6. The third-order valence-electron chi connectivity index (χ3n) is 2.86. The van der Waals surface area contributed by atoms with Gasteiger partial charge in [-0.2, -0.15) is 0 Å². The molecule has 0 fully saturated rings. The fourth-order valence-corrected chi connectivity index (χ4v) is 2.60. The number of benzene rings is 1. The predicted octanol–water partition coefficient (Wildman–Crippen LogP) is 3.31. The summed E-state index contributed by atoms with van der Waals surface area (Å²) in [6.07, 6.45) is 6.29. The van der Waals surface area contributed by atoms with Gasteiger partial charge in [-0.25, -0.2) is 0 Å². The second-order valence-corrected chi connectivity index (χ2v) is 5.21. The number of allylic oxidation sites excluding steroid dienone is 3. The molecule has 0 spiro atoms. The Morgan fingerprint density at radius 2 is 1.65 bits per heavy atom. The van der Waals surface area contributed by atoms with Crippen LogP contribution in [-0.4, -0.2) is 15.4 Å². The van der Waals surface area contributed by atoms with Gasteiger partial charge in [0.25, 0.3) is 0 Å². The van der Waals surface area contributed by atoms with Crippen LogP contribution in [0.4, 0.5) is 0 Å². The van der Waals surface area contributed by atoms with Gasteiger partial charge in [0.05, 0.1) is 0 Å². The number of carboxylic acid groups (broad SMARTS) is 1. The van der Waals surface area contributed by atoms with Crippen molar-refractivity contribution in [2.24, 2.45) is 0 Å². The van der Waals surface area contributed by atoms with Crippen LogP contribution in [0.2, 0.25) is 0 Å². The Labute approximate surface area is 109 Å². The van der Waals surface area contributed by atoms with E-state index in [1.807, 2.05) is 6.07 Å². The van der Waals surface area contributed by atoms with Crippen LogP contribution in [0.5, 0.6) is 0 Å². The summed E-state index contributed by atoms with van der Waals surface area (Å²) in [4.78, 5) is 11.6. The first-order valence-corrected chi connectivity index (χ1v) is 5.80. The summed E-state index contributed by atoms with van der Waals surface area (Å²) >= 11 is 12.3. The molecule has 0 radical (unpaired) electrons. The molecule has 2 rings (SSSR count). The normalized spacial score (nSPS) is 25.8. The number of aliphatic carboxylic acids is 1. The van der Waals surface area contributed by atoms with Gasteiger partial charge in [-0.15, -0.1) is 0 Å². The molecule has 0 amide bonds. The Morgan fingerprint density at radius 1 is 1.06 bits per heavy atom. The molecule has 1 atom stereocenters. The summed E-state index contributed by atoms with van der Waals surface area (Å²) in [6, 6.07) is 8.74. The first-order valence-electron chi connectivity index (χ1n) is 5.04. The Bertz CT molecular complexity index is 491. The predicted molar refractivity (Wildman–Crippen MR) is 68.5 cm³/mol. The van der Waals surface area contributed by atoms with Crippen molar-refractivity contribution in [2.75, 3.05) is 0 Å². The molecule has 0 saturated carbocycles. The Kier molecular flexibility index (Phi) is 3.02. The van der Waals surface area contributed by atoms with Crippen LogP contribution >= 0.6 is 23.2 Å². The molecule has 4 heteroatoms. The standard InChI is InChI=1S/C13H10Cl2O2/c14-13(15)9-5-4-8-12(13,11(16)17)10-6-2-1-3-7-10/h1-9H,(H,16,17). The van der Waals surface area contributed by atoms with Crippen LogP contribution in [0.1, 0.15) is 5.56 Å². The second-order valence-electron chi connectivity index (χ2n) is 3.82. The second kappa shape index (κ2) is 4.21. The minimum atomic E-state index is -1.51. The number of hydrogen-bond donors (Lipinski definition) is 1. The van der Waals surface area contributed by atoms with Gasteiger partial charge in [-0.3, -0.25) is 4.79 Å². The number of carboxylic acids is 1. The Hall–Kier alpha value is -1.25. The molecule has 0 saturated heterocycles. The van der Waals surface area contributed by atoms with E-state index in [2.05, 4.69) is 0 Å². The van der Waals surface area contributed by atoms with Crippen LogP contribution < -0.4 is 0 Å². The first-order chi connectivity index (χ1) is 8.01. The molecule has 88 valence electrons. The average Bonchev–Trinajstić information content (AvgIpc) is 2.29. The number of hydrogen-bond acceptors (Lipinski definition) is 1. The van der Waals surface area contributed by atoms with Gasteiger partial charge in [0.1, 0.15) is 5.41 Å². The van der Waals surface area contributed by atoms with Crippen LogP contribution in [0.3, 0.4) is 0 Å². The minimum absolute atomic E-state index is 0.554. The summed E-state index contributed by atoms with van der Waals surface area (Å²) in [5.74, 6) is -1.07. The highest BCUT2D eigenvalue weighted by molar-refractivity contribution is 6.52. The van der Waals surface area contributed by atoms with Crippen molar-refractivity contribution in [3.05, 3.63) is 60.2 Å². The van der Waals surface area contributed by atoms with Crippen LogP contribution in [0, 0.1) is 0 Å². The van der Waals surface area contributed by atoms with E-state index >= 15 is 0 Å².